The van der Waals surface area contributed by atoms with Crippen LogP contribution < -0.4 is 11.3 Å². The maximum atomic E-state index is 12.2. The number of aliphatic hydroxyl groups excluding tert-OH is 1. The van der Waals surface area contributed by atoms with Gasteiger partial charge in [-0.2, -0.15) is 10.1 Å². The molecule has 3 aromatic rings. The van der Waals surface area contributed by atoms with E-state index in [4.69, 9.17) is 21.9 Å². The molecule has 0 spiro atoms. The van der Waals surface area contributed by atoms with Gasteiger partial charge in [0.05, 0.1) is 17.9 Å². The summed E-state index contributed by atoms with van der Waals surface area (Å²) in [5.74, 6) is -0.291. The van der Waals surface area contributed by atoms with Crippen LogP contribution in [-0.2, 0) is 13.0 Å². The average Bonchev–Trinajstić information content (AvgIpc) is 3.06. The van der Waals surface area contributed by atoms with Crippen LogP contribution in [-0.4, -0.2) is 30.9 Å². The van der Waals surface area contributed by atoms with E-state index in [1.165, 1.54) is 13.1 Å². The zero-order valence-electron chi connectivity index (χ0n) is 14.3. The van der Waals surface area contributed by atoms with E-state index in [9.17, 15) is 14.7 Å². The molecule has 1 atom stereocenters. The third-order valence-electron chi connectivity index (χ3n) is 3.98. The highest BCUT2D eigenvalue weighted by Crippen LogP contribution is 2.19. The van der Waals surface area contributed by atoms with Gasteiger partial charge in [0.2, 0.25) is 5.89 Å². The highest BCUT2D eigenvalue weighted by atomic mass is 35.5. The van der Waals surface area contributed by atoms with Crippen LogP contribution in [0.2, 0.25) is 5.02 Å². The molecule has 0 bridgehead atoms. The molecule has 0 saturated heterocycles. The highest BCUT2D eigenvalue weighted by Gasteiger charge is 2.16. The minimum atomic E-state index is -0.828. The van der Waals surface area contributed by atoms with Crippen LogP contribution in [0.3, 0.4) is 0 Å². The van der Waals surface area contributed by atoms with E-state index < -0.39 is 17.6 Å². The Hall–Kier alpha value is -3.04. The first-order chi connectivity index (χ1) is 12.8. The molecule has 0 fully saturated rings. The number of rotatable bonds is 6. The molecule has 10 heteroatoms. The number of halogens is 1. The molecule has 2 heterocycles. The Bertz CT molecular complexity index is 1030. The van der Waals surface area contributed by atoms with Crippen molar-refractivity contribution in [3.63, 3.8) is 0 Å². The lowest BCUT2D eigenvalue weighted by Gasteiger charge is -2.08. The number of hydrogen-bond acceptors (Lipinski definition) is 7. The second kappa shape index (κ2) is 7.68. The smallest absolute Gasteiger partial charge is 0.270 e. The van der Waals surface area contributed by atoms with Crippen molar-refractivity contribution >= 4 is 17.5 Å². The van der Waals surface area contributed by atoms with Crippen LogP contribution in [0.15, 0.2) is 39.8 Å². The number of hydrogen-bond donors (Lipinski definition) is 2. The summed E-state index contributed by atoms with van der Waals surface area (Å²) < 4.78 is 6.20. The summed E-state index contributed by atoms with van der Waals surface area (Å²) in [6, 6.07) is 6.77. The number of aromatic nitrogens is 4. The summed E-state index contributed by atoms with van der Waals surface area (Å²) in [6.45, 7) is 1.42. The summed E-state index contributed by atoms with van der Waals surface area (Å²) >= 11 is 5.83. The first kappa shape index (κ1) is 18.7. The number of carbonyl (C=O) groups is 1. The number of amides is 1. The Morgan fingerprint density at radius 2 is 2.07 bits per heavy atom. The minimum Gasteiger partial charge on any atom is -0.388 e. The molecule has 0 unspecified atom stereocenters. The van der Waals surface area contributed by atoms with Gasteiger partial charge in [0, 0.05) is 17.0 Å². The van der Waals surface area contributed by atoms with Gasteiger partial charge in [0.1, 0.15) is 6.54 Å². The molecule has 27 heavy (non-hydrogen) atoms. The Kier molecular flexibility index (Phi) is 5.33. The van der Waals surface area contributed by atoms with Gasteiger partial charge in [-0.15, -0.1) is 0 Å². The van der Waals surface area contributed by atoms with Crippen LogP contribution in [0.1, 0.15) is 39.3 Å². The van der Waals surface area contributed by atoms with Gasteiger partial charge in [0.25, 0.3) is 11.5 Å². The first-order valence-electron chi connectivity index (χ1n) is 7.96. The monoisotopic (exact) mass is 389 g/mol. The van der Waals surface area contributed by atoms with Gasteiger partial charge in [0.15, 0.2) is 5.82 Å². The molecular formula is C17H16ClN5O4. The summed E-state index contributed by atoms with van der Waals surface area (Å²) in [5, 5.41) is 18.5. The lowest BCUT2D eigenvalue weighted by Crippen LogP contribution is -2.29. The minimum absolute atomic E-state index is 0.0635. The fourth-order valence-corrected chi connectivity index (χ4v) is 2.61. The second-order valence-corrected chi connectivity index (χ2v) is 6.32. The van der Waals surface area contributed by atoms with Crippen LogP contribution in [0.25, 0.3) is 0 Å². The normalized spacial score (nSPS) is 12.1. The summed E-state index contributed by atoms with van der Waals surface area (Å²) in [6.07, 6.45) is 0.527. The lowest BCUT2D eigenvalue weighted by molar-refractivity contribution is 0.0998. The van der Waals surface area contributed by atoms with E-state index in [1.807, 2.05) is 0 Å². The SMILES string of the molecule is Cc1c(C(N)=O)cnn(Cc2nc(C[C@H](O)c3ccc(Cl)cc3)no2)c1=O. The molecule has 2 aromatic heterocycles. The van der Waals surface area contributed by atoms with Crippen molar-refractivity contribution in [1.29, 1.82) is 0 Å². The number of primary amides is 1. The van der Waals surface area contributed by atoms with Gasteiger partial charge in [-0.25, -0.2) is 4.68 Å². The maximum absolute atomic E-state index is 12.2. The average molecular weight is 390 g/mol. The third kappa shape index (κ3) is 4.21. The predicted octanol–water partition coefficient (Wildman–Crippen LogP) is 1.01. The highest BCUT2D eigenvalue weighted by molar-refractivity contribution is 6.30. The number of nitrogens with zero attached hydrogens (tertiary/aromatic N) is 4. The molecule has 0 aliphatic rings. The zero-order chi connectivity index (χ0) is 19.6. The molecule has 3 rings (SSSR count). The van der Waals surface area contributed by atoms with Crippen LogP contribution in [0.4, 0.5) is 0 Å². The van der Waals surface area contributed by atoms with E-state index in [-0.39, 0.29) is 35.8 Å². The van der Waals surface area contributed by atoms with Crippen molar-refractivity contribution in [3.05, 3.63) is 74.2 Å². The number of benzene rings is 1. The quantitative estimate of drug-likeness (QED) is 0.641. The van der Waals surface area contributed by atoms with E-state index in [2.05, 4.69) is 15.2 Å². The van der Waals surface area contributed by atoms with Gasteiger partial charge >= 0.3 is 0 Å². The molecule has 0 radical (unpaired) electrons. The van der Waals surface area contributed by atoms with E-state index in [1.54, 1.807) is 24.3 Å². The number of carbonyl (C=O) groups excluding carboxylic acids is 1. The van der Waals surface area contributed by atoms with Gasteiger partial charge in [-0.05, 0) is 24.6 Å². The summed E-state index contributed by atoms with van der Waals surface area (Å²) in [7, 11) is 0. The van der Waals surface area contributed by atoms with Crippen LogP contribution in [0, 0.1) is 6.92 Å². The topological polar surface area (TPSA) is 137 Å². The largest absolute Gasteiger partial charge is 0.388 e. The fourth-order valence-electron chi connectivity index (χ4n) is 2.49. The Balaban J connectivity index is 1.73. The molecule has 0 aliphatic heterocycles. The van der Waals surface area contributed by atoms with Crippen molar-refractivity contribution in [3.8, 4) is 0 Å². The van der Waals surface area contributed by atoms with Gasteiger partial charge < -0.3 is 15.4 Å². The van der Waals surface area contributed by atoms with Crippen molar-refractivity contribution < 1.29 is 14.4 Å². The third-order valence-corrected chi connectivity index (χ3v) is 4.23. The fraction of sp³-hybridized carbons (Fsp3) is 0.235. The standard InChI is InChI=1S/C17H16ClN5O4/c1-9-12(16(19)25)7-20-23(17(9)26)8-15-21-14(22-27-15)6-13(24)10-2-4-11(18)5-3-10/h2-5,7,13,24H,6,8H2,1H3,(H2,19,25)/t13-/m0/s1. The predicted molar refractivity (Wildman–Crippen MR) is 95.3 cm³/mol. The van der Waals surface area contributed by atoms with Crippen LogP contribution in [0.5, 0.6) is 0 Å². The van der Waals surface area contributed by atoms with Crippen molar-refractivity contribution in [1.82, 2.24) is 19.9 Å². The lowest BCUT2D eigenvalue weighted by atomic mass is 10.1. The summed E-state index contributed by atoms with van der Waals surface area (Å²) in [4.78, 5) is 27.7. The van der Waals surface area contributed by atoms with E-state index in [0.29, 0.717) is 10.6 Å². The number of nitrogens with two attached hydrogens (primary N) is 1. The Morgan fingerprint density at radius 3 is 2.74 bits per heavy atom. The van der Waals surface area contributed by atoms with Crippen molar-refractivity contribution in [2.45, 2.75) is 26.0 Å². The maximum Gasteiger partial charge on any atom is 0.270 e. The molecule has 140 valence electrons. The van der Waals surface area contributed by atoms with Crippen LogP contribution >= 0.6 is 11.6 Å². The molecule has 1 amide bonds. The molecule has 9 nitrogen and oxygen atoms in total. The van der Waals surface area contributed by atoms with Gasteiger partial charge in [-0.3, -0.25) is 9.59 Å². The molecule has 0 aliphatic carbocycles. The molecule has 3 N–H and O–H groups in total. The zero-order valence-corrected chi connectivity index (χ0v) is 15.1. The van der Waals surface area contributed by atoms with Crippen molar-refractivity contribution in [2.75, 3.05) is 0 Å². The Morgan fingerprint density at radius 1 is 1.37 bits per heavy atom. The van der Waals surface area contributed by atoms with E-state index in [0.717, 1.165) is 4.68 Å². The molecular weight excluding hydrogens is 374 g/mol. The molecule has 1 aromatic carbocycles. The Labute approximate surface area is 158 Å². The summed E-state index contributed by atoms with van der Waals surface area (Å²) in [5.41, 5.74) is 5.64. The van der Waals surface area contributed by atoms with E-state index >= 15 is 0 Å². The van der Waals surface area contributed by atoms with Crippen molar-refractivity contribution in [2.24, 2.45) is 5.73 Å². The van der Waals surface area contributed by atoms with Gasteiger partial charge in [-0.1, -0.05) is 28.9 Å². The second-order valence-electron chi connectivity index (χ2n) is 5.89. The first-order valence-corrected chi connectivity index (χ1v) is 8.34. The molecule has 0 saturated carbocycles. The number of aliphatic hydroxyl groups is 1.